The number of aliphatic hydroxyl groups excluding tert-OH is 1. The number of hydrogen-bond acceptors (Lipinski definition) is 3. The zero-order chi connectivity index (χ0) is 16.9. The maximum Gasteiger partial charge on any atom is 0.252 e. The van der Waals surface area contributed by atoms with Crippen LogP contribution in [0, 0.1) is 5.41 Å². The Balaban J connectivity index is 1.82. The van der Waals surface area contributed by atoms with E-state index >= 15 is 0 Å². The van der Waals surface area contributed by atoms with E-state index in [1.807, 2.05) is 13.8 Å². The molecule has 1 fully saturated rings. The van der Waals surface area contributed by atoms with Crippen molar-refractivity contribution in [3.63, 3.8) is 0 Å². The number of aliphatic hydroxyl groups is 1. The van der Waals surface area contributed by atoms with E-state index < -0.39 is 0 Å². The van der Waals surface area contributed by atoms with Crippen molar-refractivity contribution in [1.29, 1.82) is 0 Å². The smallest absolute Gasteiger partial charge is 0.252 e. The molecule has 0 aromatic heterocycles. The van der Waals surface area contributed by atoms with Gasteiger partial charge in [0, 0.05) is 13.2 Å². The highest BCUT2D eigenvalue weighted by Gasteiger charge is 2.20. The van der Waals surface area contributed by atoms with E-state index in [1.165, 1.54) is 6.42 Å². The van der Waals surface area contributed by atoms with Gasteiger partial charge in [0.15, 0.2) is 0 Å². The summed E-state index contributed by atoms with van der Waals surface area (Å²) in [4.78, 5) is 12.2. The third-order valence-electron chi connectivity index (χ3n) is 4.28. The molecule has 1 aromatic carbocycles. The maximum absolute atomic E-state index is 12.2. The fraction of sp³-hybridized carbons (Fsp3) is 0.611. The monoisotopic (exact) mass is 339 g/mol. The molecule has 5 heteroatoms. The molecule has 0 saturated heterocycles. The molecule has 0 unspecified atom stereocenters. The van der Waals surface area contributed by atoms with Crippen LogP contribution in [-0.2, 0) is 0 Å². The molecule has 23 heavy (non-hydrogen) atoms. The highest BCUT2D eigenvalue weighted by molar-refractivity contribution is 6.34. The minimum atomic E-state index is -0.174. The van der Waals surface area contributed by atoms with Gasteiger partial charge in [-0.3, -0.25) is 4.79 Å². The first-order valence-corrected chi connectivity index (χ1v) is 8.64. The van der Waals surface area contributed by atoms with Crippen molar-refractivity contribution in [2.75, 3.05) is 13.2 Å². The summed E-state index contributed by atoms with van der Waals surface area (Å²) in [5, 5.41) is 12.5. The molecular formula is C18H26ClNO3. The molecule has 1 aliphatic carbocycles. The summed E-state index contributed by atoms with van der Waals surface area (Å²) in [5.41, 5.74) is 0.358. The Morgan fingerprint density at radius 2 is 2.17 bits per heavy atom. The first kappa shape index (κ1) is 18.1. The fourth-order valence-electron chi connectivity index (χ4n) is 2.38. The van der Waals surface area contributed by atoms with Crippen molar-refractivity contribution >= 4 is 17.5 Å². The number of benzene rings is 1. The van der Waals surface area contributed by atoms with Crippen molar-refractivity contribution in [1.82, 2.24) is 5.32 Å². The molecule has 0 bridgehead atoms. The lowest BCUT2D eigenvalue weighted by atomic mass is 9.89. The van der Waals surface area contributed by atoms with Gasteiger partial charge in [-0.2, -0.15) is 0 Å². The Bertz CT molecular complexity index is 541. The van der Waals surface area contributed by atoms with Gasteiger partial charge in [-0.05, 0) is 55.7 Å². The van der Waals surface area contributed by atoms with Gasteiger partial charge < -0.3 is 15.2 Å². The molecule has 4 nitrogen and oxygen atoms in total. The quantitative estimate of drug-likeness (QED) is 0.708. The predicted molar refractivity (Wildman–Crippen MR) is 92.2 cm³/mol. The molecule has 2 N–H and O–H groups in total. The van der Waals surface area contributed by atoms with Crippen molar-refractivity contribution in [3.05, 3.63) is 28.8 Å². The molecule has 0 aliphatic heterocycles. The number of carbonyl (C=O) groups is 1. The summed E-state index contributed by atoms with van der Waals surface area (Å²) < 4.78 is 5.77. The summed E-state index contributed by atoms with van der Waals surface area (Å²) >= 11 is 6.20. The van der Waals surface area contributed by atoms with Gasteiger partial charge in [0.25, 0.3) is 5.91 Å². The molecule has 1 aliphatic rings. The average molecular weight is 340 g/mol. The van der Waals surface area contributed by atoms with Gasteiger partial charge >= 0.3 is 0 Å². The van der Waals surface area contributed by atoms with Gasteiger partial charge in [-0.1, -0.05) is 25.4 Å². The van der Waals surface area contributed by atoms with E-state index in [0.717, 1.165) is 31.4 Å². The molecule has 0 atom stereocenters. The summed E-state index contributed by atoms with van der Waals surface area (Å²) in [6.07, 6.45) is 5.35. The topological polar surface area (TPSA) is 58.6 Å². The van der Waals surface area contributed by atoms with Crippen molar-refractivity contribution in [3.8, 4) is 5.75 Å². The highest BCUT2D eigenvalue weighted by atomic mass is 35.5. The largest absolute Gasteiger partial charge is 0.490 e. The number of amides is 1. The third-order valence-corrected chi connectivity index (χ3v) is 4.60. The summed E-state index contributed by atoms with van der Waals surface area (Å²) in [5.74, 6) is 0.549. The number of ether oxygens (including phenoxy) is 1. The lowest BCUT2D eigenvalue weighted by molar-refractivity contribution is 0.0948. The number of carbonyl (C=O) groups excluding carboxylic acids is 1. The summed E-state index contributed by atoms with van der Waals surface area (Å²) in [6, 6.07) is 5.22. The lowest BCUT2D eigenvalue weighted by Crippen LogP contribution is -2.27. The van der Waals surface area contributed by atoms with Crippen LogP contribution < -0.4 is 10.1 Å². The number of halogens is 1. The Morgan fingerprint density at radius 3 is 2.74 bits per heavy atom. The Kier molecular flexibility index (Phi) is 6.31. The van der Waals surface area contributed by atoms with Gasteiger partial charge in [0.2, 0.25) is 0 Å². The number of hydrogen-bond donors (Lipinski definition) is 2. The third kappa shape index (κ3) is 5.40. The standard InChI is InChI=1S/C18H26ClNO3/c1-18(2,12-21)9-4-10-20-17(22)15-8-7-14(11-16(15)19)23-13-5-3-6-13/h7-8,11,13,21H,3-6,9-10,12H2,1-2H3,(H,20,22). The average Bonchev–Trinajstić information content (AvgIpc) is 2.47. The van der Waals surface area contributed by atoms with Crippen LogP contribution >= 0.6 is 11.6 Å². The molecular weight excluding hydrogens is 314 g/mol. The minimum Gasteiger partial charge on any atom is -0.490 e. The lowest BCUT2D eigenvalue weighted by Gasteiger charge is -2.26. The zero-order valence-corrected chi connectivity index (χ0v) is 14.7. The SMILES string of the molecule is CC(C)(CO)CCCNC(=O)c1ccc(OC2CCC2)cc1Cl. The fourth-order valence-corrected chi connectivity index (χ4v) is 2.63. The van der Waals surface area contributed by atoms with E-state index in [2.05, 4.69) is 5.32 Å². The maximum atomic E-state index is 12.2. The Morgan fingerprint density at radius 1 is 1.43 bits per heavy atom. The Labute approximate surface area is 143 Å². The van der Waals surface area contributed by atoms with Crippen LogP contribution in [0.5, 0.6) is 5.75 Å². The molecule has 2 rings (SSSR count). The first-order valence-electron chi connectivity index (χ1n) is 8.26. The molecule has 0 spiro atoms. The van der Waals surface area contributed by atoms with Crippen LogP contribution in [0.25, 0.3) is 0 Å². The van der Waals surface area contributed by atoms with Gasteiger partial charge in [-0.15, -0.1) is 0 Å². The van der Waals surface area contributed by atoms with Gasteiger partial charge in [-0.25, -0.2) is 0 Å². The second-order valence-electron chi connectivity index (χ2n) is 6.99. The van der Waals surface area contributed by atoms with Gasteiger partial charge in [0.05, 0.1) is 16.7 Å². The normalized spacial score (nSPS) is 15.1. The van der Waals surface area contributed by atoms with Crippen molar-refractivity contribution in [2.45, 2.75) is 52.1 Å². The van der Waals surface area contributed by atoms with Crippen LogP contribution in [0.3, 0.4) is 0 Å². The summed E-state index contributed by atoms with van der Waals surface area (Å²) in [7, 11) is 0. The van der Waals surface area contributed by atoms with Gasteiger partial charge in [0.1, 0.15) is 5.75 Å². The van der Waals surface area contributed by atoms with Crippen molar-refractivity contribution in [2.24, 2.45) is 5.41 Å². The van der Waals surface area contributed by atoms with E-state index in [4.69, 9.17) is 16.3 Å². The van der Waals surface area contributed by atoms with E-state index in [9.17, 15) is 9.90 Å². The summed E-state index contributed by atoms with van der Waals surface area (Å²) in [6.45, 7) is 4.73. The zero-order valence-electron chi connectivity index (χ0n) is 13.9. The minimum absolute atomic E-state index is 0.108. The Hall–Kier alpha value is -1.26. The van der Waals surface area contributed by atoms with Crippen LogP contribution in [0.1, 0.15) is 56.3 Å². The predicted octanol–water partition coefficient (Wildman–Crippen LogP) is 3.80. The molecule has 1 aromatic rings. The number of nitrogens with one attached hydrogen (secondary N) is 1. The van der Waals surface area contributed by atoms with E-state index in [0.29, 0.717) is 23.2 Å². The van der Waals surface area contributed by atoms with E-state index in [1.54, 1.807) is 18.2 Å². The first-order chi connectivity index (χ1) is 10.9. The van der Waals surface area contributed by atoms with Crippen LogP contribution in [0.2, 0.25) is 5.02 Å². The molecule has 1 amide bonds. The van der Waals surface area contributed by atoms with Crippen LogP contribution in [-0.4, -0.2) is 30.3 Å². The molecule has 128 valence electrons. The van der Waals surface area contributed by atoms with Crippen LogP contribution in [0.4, 0.5) is 0 Å². The van der Waals surface area contributed by atoms with E-state index in [-0.39, 0.29) is 17.9 Å². The highest BCUT2D eigenvalue weighted by Crippen LogP contribution is 2.28. The van der Waals surface area contributed by atoms with Crippen molar-refractivity contribution < 1.29 is 14.6 Å². The second-order valence-corrected chi connectivity index (χ2v) is 7.40. The molecule has 0 heterocycles. The molecule has 0 radical (unpaired) electrons. The number of rotatable bonds is 8. The molecule has 1 saturated carbocycles. The van der Waals surface area contributed by atoms with Crippen LogP contribution in [0.15, 0.2) is 18.2 Å². The second kappa shape index (κ2) is 8.02.